The van der Waals surface area contributed by atoms with E-state index >= 15 is 0 Å². The molecule has 0 aromatic heterocycles. The summed E-state index contributed by atoms with van der Waals surface area (Å²) in [5, 5.41) is 8.05. The Morgan fingerprint density at radius 2 is 1.67 bits per heavy atom. The van der Waals surface area contributed by atoms with Crippen molar-refractivity contribution in [1.82, 2.24) is 0 Å². The van der Waals surface area contributed by atoms with Gasteiger partial charge < -0.3 is 5.11 Å². The molecule has 2 rings (SSSR count). The standard InChI is InChI=1S/C4H6O2.C3H6/c5-4(6)3-1-2-3;1-2-3-1/h3H,1-2H2,(H,5,6);1-3H2. The van der Waals surface area contributed by atoms with Gasteiger partial charge in [-0.2, -0.15) is 0 Å². The summed E-state index contributed by atoms with van der Waals surface area (Å²) < 4.78 is 0. The Balaban J connectivity index is 0.000000112. The van der Waals surface area contributed by atoms with Crippen LogP contribution in [-0.4, -0.2) is 11.1 Å². The summed E-state index contributed by atoms with van der Waals surface area (Å²) in [6, 6.07) is 0. The van der Waals surface area contributed by atoms with Crippen LogP contribution < -0.4 is 0 Å². The van der Waals surface area contributed by atoms with Gasteiger partial charge in [0.2, 0.25) is 0 Å². The molecule has 52 valence electrons. The van der Waals surface area contributed by atoms with Crippen molar-refractivity contribution in [2.75, 3.05) is 0 Å². The summed E-state index contributed by atoms with van der Waals surface area (Å²) in [6.07, 6.45) is 6.30. The highest BCUT2D eigenvalue weighted by Crippen LogP contribution is 2.28. The summed E-state index contributed by atoms with van der Waals surface area (Å²) in [7, 11) is 0. The lowest BCUT2D eigenvalue weighted by Gasteiger charge is -1.75. The molecule has 0 saturated heterocycles. The van der Waals surface area contributed by atoms with E-state index in [0.717, 1.165) is 12.8 Å². The van der Waals surface area contributed by atoms with Crippen molar-refractivity contribution in [3.63, 3.8) is 0 Å². The highest BCUT2D eigenvalue weighted by atomic mass is 16.4. The fourth-order valence-electron chi connectivity index (χ4n) is 0.330. The lowest BCUT2D eigenvalue weighted by atomic mass is 10.5. The first-order valence-corrected chi connectivity index (χ1v) is 3.53. The molecule has 2 fully saturated rings. The number of aliphatic carboxylic acids is 1. The van der Waals surface area contributed by atoms with Crippen molar-refractivity contribution in [2.24, 2.45) is 5.92 Å². The third-order valence-electron chi connectivity index (χ3n) is 1.28. The molecule has 1 N–H and O–H groups in total. The predicted octanol–water partition coefficient (Wildman–Crippen LogP) is 1.65. The molecular formula is C7H12O2. The Bertz CT molecular complexity index is 101. The molecule has 2 heteroatoms. The van der Waals surface area contributed by atoms with Gasteiger partial charge in [0.25, 0.3) is 0 Å². The van der Waals surface area contributed by atoms with E-state index in [9.17, 15) is 4.79 Å². The zero-order chi connectivity index (χ0) is 6.69. The molecule has 0 aromatic rings. The van der Waals surface area contributed by atoms with Crippen molar-refractivity contribution in [1.29, 1.82) is 0 Å². The monoisotopic (exact) mass is 128 g/mol. The van der Waals surface area contributed by atoms with Gasteiger partial charge in [0.05, 0.1) is 5.92 Å². The maximum Gasteiger partial charge on any atom is 0.306 e. The maximum absolute atomic E-state index is 9.76. The first-order chi connectivity index (χ1) is 4.30. The molecule has 2 nitrogen and oxygen atoms in total. The summed E-state index contributed by atoms with van der Waals surface area (Å²) in [5.41, 5.74) is 0. The van der Waals surface area contributed by atoms with E-state index in [2.05, 4.69) is 0 Å². The average molecular weight is 128 g/mol. The number of rotatable bonds is 1. The van der Waals surface area contributed by atoms with Gasteiger partial charge in [0.1, 0.15) is 0 Å². The largest absolute Gasteiger partial charge is 0.481 e. The molecule has 2 aliphatic rings. The lowest BCUT2D eigenvalue weighted by molar-refractivity contribution is -0.138. The van der Waals surface area contributed by atoms with Crippen molar-refractivity contribution < 1.29 is 9.90 Å². The number of hydrogen-bond acceptors (Lipinski definition) is 1. The first kappa shape index (κ1) is 6.59. The van der Waals surface area contributed by atoms with E-state index in [4.69, 9.17) is 5.11 Å². The minimum atomic E-state index is -0.630. The molecule has 0 bridgehead atoms. The molecule has 2 saturated carbocycles. The third-order valence-corrected chi connectivity index (χ3v) is 1.28. The fraction of sp³-hybridized carbons (Fsp3) is 0.857. The van der Waals surface area contributed by atoms with Crippen molar-refractivity contribution >= 4 is 5.97 Å². The lowest BCUT2D eigenvalue weighted by Crippen LogP contribution is -1.94. The zero-order valence-electron chi connectivity index (χ0n) is 5.47. The molecule has 0 aromatic carbocycles. The second kappa shape index (κ2) is 2.85. The highest BCUT2D eigenvalue weighted by molar-refractivity contribution is 5.72. The van der Waals surface area contributed by atoms with E-state index in [0.29, 0.717) is 0 Å². The van der Waals surface area contributed by atoms with Crippen molar-refractivity contribution in [3.05, 3.63) is 0 Å². The quantitative estimate of drug-likeness (QED) is 0.583. The second-order valence-electron chi connectivity index (χ2n) is 2.67. The Hall–Kier alpha value is -0.530. The second-order valence-corrected chi connectivity index (χ2v) is 2.67. The summed E-state index contributed by atoms with van der Waals surface area (Å²) in [5.74, 6) is -0.611. The number of hydrogen-bond donors (Lipinski definition) is 1. The van der Waals surface area contributed by atoms with E-state index in [1.807, 2.05) is 0 Å². The van der Waals surface area contributed by atoms with Crippen LogP contribution in [0.2, 0.25) is 0 Å². The third kappa shape index (κ3) is 4.01. The van der Waals surface area contributed by atoms with Gasteiger partial charge in [-0.1, -0.05) is 19.3 Å². The summed E-state index contributed by atoms with van der Waals surface area (Å²) in [6.45, 7) is 0. The molecule has 9 heavy (non-hydrogen) atoms. The highest BCUT2D eigenvalue weighted by Gasteiger charge is 2.28. The fourth-order valence-corrected chi connectivity index (χ4v) is 0.330. The molecule has 0 atom stereocenters. The van der Waals surface area contributed by atoms with Crippen LogP contribution in [0.5, 0.6) is 0 Å². The van der Waals surface area contributed by atoms with Crippen LogP contribution in [0.4, 0.5) is 0 Å². The van der Waals surface area contributed by atoms with Gasteiger partial charge in [0.15, 0.2) is 0 Å². The Labute approximate surface area is 54.9 Å². The van der Waals surface area contributed by atoms with Gasteiger partial charge in [-0.05, 0) is 12.8 Å². The van der Waals surface area contributed by atoms with Crippen LogP contribution in [-0.2, 0) is 4.79 Å². The number of carboxylic acid groups (broad SMARTS) is 1. The van der Waals surface area contributed by atoms with Gasteiger partial charge in [-0.25, -0.2) is 0 Å². The van der Waals surface area contributed by atoms with Crippen LogP contribution in [0, 0.1) is 5.92 Å². The predicted molar refractivity (Wildman–Crippen MR) is 34.2 cm³/mol. The topological polar surface area (TPSA) is 37.3 Å². The van der Waals surface area contributed by atoms with Crippen LogP contribution in [0.15, 0.2) is 0 Å². The normalized spacial score (nSPS) is 21.8. The first-order valence-electron chi connectivity index (χ1n) is 3.53. The van der Waals surface area contributed by atoms with Gasteiger partial charge >= 0.3 is 5.97 Å². The number of carboxylic acids is 1. The van der Waals surface area contributed by atoms with Crippen LogP contribution in [0.1, 0.15) is 32.1 Å². The van der Waals surface area contributed by atoms with Crippen LogP contribution >= 0.6 is 0 Å². The van der Waals surface area contributed by atoms with Crippen LogP contribution in [0.3, 0.4) is 0 Å². The summed E-state index contributed by atoms with van der Waals surface area (Å²) >= 11 is 0. The zero-order valence-corrected chi connectivity index (χ0v) is 5.47. The minimum absolute atomic E-state index is 0.0185. The molecule has 0 amide bonds. The Morgan fingerprint density at radius 3 is 1.67 bits per heavy atom. The molecular weight excluding hydrogens is 116 g/mol. The minimum Gasteiger partial charge on any atom is -0.481 e. The smallest absolute Gasteiger partial charge is 0.306 e. The van der Waals surface area contributed by atoms with Crippen molar-refractivity contribution in [3.8, 4) is 0 Å². The maximum atomic E-state index is 9.76. The molecule has 0 unspecified atom stereocenters. The van der Waals surface area contributed by atoms with E-state index in [1.54, 1.807) is 0 Å². The molecule has 2 aliphatic carbocycles. The average Bonchev–Trinajstić information content (AvgIpc) is 2.64. The van der Waals surface area contributed by atoms with E-state index in [1.165, 1.54) is 19.3 Å². The SMILES string of the molecule is C1CC1.O=C(O)C1CC1. The molecule has 0 aliphatic heterocycles. The van der Waals surface area contributed by atoms with Crippen molar-refractivity contribution in [2.45, 2.75) is 32.1 Å². The Morgan fingerprint density at radius 1 is 1.22 bits per heavy atom. The Kier molecular flexibility index (Phi) is 2.09. The molecule has 0 spiro atoms. The van der Waals surface area contributed by atoms with E-state index in [-0.39, 0.29) is 5.92 Å². The summed E-state index contributed by atoms with van der Waals surface area (Å²) in [4.78, 5) is 9.76. The molecule has 0 radical (unpaired) electrons. The number of carbonyl (C=O) groups is 1. The van der Waals surface area contributed by atoms with Crippen LogP contribution in [0.25, 0.3) is 0 Å². The van der Waals surface area contributed by atoms with E-state index < -0.39 is 5.97 Å². The van der Waals surface area contributed by atoms with Gasteiger partial charge in [-0.3, -0.25) is 4.79 Å². The van der Waals surface area contributed by atoms with Gasteiger partial charge in [-0.15, -0.1) is 0 Å². The molecule has 0 heterocycles. The van der Waals surface area contributed by atoms with Gasteiger partial charge in [0, 0.05) is 0 Å².